The van der Waals surface area contributed by atoms with E-state index in [0.717, 1.165) is 0 Å². The number of hydrogen-bond donors (Lipinski definition) is 0. The van der Waals surface area contributed by atoms with E-state index in [4.69, 9.17) is 0 Å². The third-order valence-electron chi connectivity index (χ3n) is 3.47. The minimum absolute atomic E-state index is 0.0380. The van der Waals surface area contributed by atoms with Crippen LogP contribution in [-0.4, -0.2) is 23.8 Å². The zero-order valence-corrected chi connectivity index (χ0v) is 12.5. The van der Waals surface area contributed by atoms with Gasteiger partial charge in [-0.25, -0.2) is 0 Å². The van der Waals surface area contributed by atoms with Gasteiger partial charge >= 0.3 is 0 Å². The number of ether oxygens (including phenoxy) is 1. The first-order valence-electron chi connectivity index (χ1n) is 6.98. The van der Waals surface area contributed by atoms with Gasteiger partial charge in [-0.05, 0) is 0 Å². The maximum absolute atomic E-state index is 12.4. The lowest BCUT2D eigenvalue weighted by atomic mass is 9.95. The van der Waals surface area contributed by atoms with Crippen LogP contribution < -0.4 is 0 Å². The first-order valence-corrected chi connectivity index (χ1v) is 6.98. The molecular weight excluding hydrogens is 298 g/mol. The van der Waals surface area contributed by atoms with Crippen LogP contribution in [0.2, 0.25) is 0 Å². The van der Waals surface area contributed by atoms with Crippen LogP contribution in [0.5, 0.6) is 0 Å². The Morgan fingerprint density at radius 1 is 1.22 bits per heavy atom. The molecule has 0 aliphatic carbocycles. The van der Waals surface area contributed by atoms with Gasteiger partial charge in [-0.15, -0.1) is 0 Å². The first kappa shape index (κ1) is 16.4. The molecule has 1 atom stereocenters. The molecule has 2 rings (SSSR count). The molecule has 0 spiro atoms. The van der Waals surface area contributed by atoms with Crippen LogP contribution >= 0.6 is 0 Å². The highest BCUT2D eigenvalue weighted by Crippen LogP contribution is 2.28. The van der Waals surface area contributed by atoms with Crippen molar-refractivity contribution in [3.05, 3.63) is 75.3 Å². The van der Waals surface area contributed by atoms with Gasteiger partial charge < -0.3 is 4.74 Å². The number of carbonyl (C=O) groups excluding carboxylic acids is 2. The van der Waals surface area contributed by atoms with Gasteiger partial charge in [-0.2, -0.15) is 0 Å². The molecule has 0 heterocycles. The lowest BCUT2D eigenvalue weighted by molar-refractivity contribution is -0.385. The Bertz CT molecular complexity index is 727. The molecule has 23 heavy (non-hydrogen) atoms. The summed E-state index contributed by atoms with van der Waals surface area (Å²) in [5.41, 5.74) is 0.970. The van der Waals surface area contributed by atoms with Crippen LogP contribution in [0.15, 0.2) is 48.5 Å². The average molecular weight is 313 g/mol. The summed E-state index contributed by atoms with van der Waals surface area (Å²) in [6.07, 6.45) is 0. The Balaban J connectivity index is 2.38. The summed E-state index contributed by atoms with van der Waals surface area (Å²) < 4.78 is 4.66. The largest absolute Gasteiger partial charge is 0.467 e. The molecule has 0 fully saturated rings. The summed E-state index contributed by atoms with van der Waals surface area (Å²) in [6.45, 7) is 2.05. The Morgan fingerprint density at radius 2 is 1.91 bits per heavy atom. The highest BCUT2D eigenvalue weighted by molar-refractivity contribution is 6.09. The van der Waals surface area contributed by atoms with Gasteiger partial charge in [0.05, 0.1) is 11.5 Å². The summed E-state index contributed by atoms with van der Waals surface area (Å²) in [4.78, 5) is 33.4. The van der Waals surface area contributed by atoms with Crippen LogP contribution in [0.1, 0.15) is 34.3 Å². The lowest BCUT2D eigenvalue weighted by Crippen LogP contribution is -2.08. The van der Waals surface area contributed by atoms with Crippen LogP contribution in [0.3, 0.4) is 0 Å². The van der Waals surface area contributed by atoms with E-state index in [1.54, 1.807) is 43.3 Å². The van der Waals surface area contributed by atoms with Crippen molar-refractivity contribution in [2.45, 2.75) is 12.8 Å². The van der Waals surface area contributed by atoms with E-state index in [2.05, 4.69) is 4.74 Å². The number of nitro benzene ring substituents is 1. The van der Waals surface area contributed by atoms with Gasteiger partial charge in [0.1, 0.15) is 0 Å². The van der Waals surface area contributed by atoms with Crippen LogP contribution in [0.4, 0.5) is 5.69 Å². The van der Waals surface area contributed by atoms with E-state index in [9.17, 15) is 19.7 Å². The Labute approximate surface area is 132 Å². The molecular formula is C17H15NO5. The molecule has 6 heteroatoms. The first-order chi connectivity index (χ1) is 11.0. The smallest absolute Gasteiger partial charge is 0.293 e. The standard InChI is InChI=1S/C17H15NO5/c1-12(10-23-11-19)15-8-7-14(9-16(15)18(21)22)17(20)13-5-3-2-4-6-13/h2-9,11-12H,10H2,1H3. The number of nitro groups is 1. The number of hydrogen-bond acceptors (Lipinski definition) is 5. The number of ketones is 1. The van der Waals surface area contributed by atoms with Crippen molar-refractivity contribution in [3.63, 3.8) is 0 Å². The molecule has 6 nitrogen and oxygen atoms in total. The molecule has 2 aromatic carbocycles. The molecule has 0 aromatic heterocycles. The second-order valence-electron chi connectivity index (χ2n) is 5.06. The fourth-order valence-electron chi connectivity index (χ4n) is 2.29. The van der Waals surface area contributed by atoms with Crippen molar-refractivity contribution in [2.75, 3.05) is 6.61 Å². The summed E-state index contributed by atoms with van der Waals surface area (Å²) in [6, 6.07) is 12.9. The molecule has 1 unspecified atom stereocenters. The number of rotatable bonds is 7. The normalized spacial score (nSPS) is 11.5. The van der Waals surface area contributed by atoms with Crippen molar-refractivity contribution in [2.24, 2.45) is 0 Å². The molecule has 2 aromatic rings. The van der Waals surface area contributed by atoms with Crippen LogP contribution in [0.25, 0.3) is 0 Å². The summed E-state index contributed by atoms with van der Waals surface area (Å²) in [5.74, 6) is -0.626. The minimum Gasteiger partial charge on any atom is -0.467 e. The second kappa shape index (κ2) is 7.31. The van der Waals surface area contributed by atoms with E-state index in [1.165, 1.54) is 12.1 Å². The maximum Gasteiger partial charge on any atom is 0.293 e. The van der Waals surface area contributed by atoms with E-state index >= 15 is 0 Å². The van der Waals surface area contributed by atoms with Crippen molar-refractivity contribution in [3.8, 4) is 0 Å². The van der Waals surface area contributed by atoms with Gasteiger partial charge in [0.15, 0.2) is 5.78 Å². The molecule has 0 amide bonds. The summed E-state index contributed by atoms with van der Waals surface area (Å²) in [5, 5.41) is 11.3. The zero-order chi connectivity index (χ0) is 16.8. The monoisotopic (exact) mass is 313 g/mol. The SMILES string of the molecule is CC(COC=O)c1ccc(C(=O)c2ccccc2)cc1[N+](=O)[O-]. The quantitative estimate of drug-likeness (QED) is 0.339. The Kier molecular flexibility index (Phi) is 5.19. The predicted molar refractivity (Wildman–Crippen MR) is 83.4 cm³/mol. The highest BCUT2D eigenvalue weighted by Gasteiger charge is 2.22. The summed E-state index contributed by atoms with van der Waals surface area (Å²) in [7, 11) is 0. The Morgan fingerprint density at radius 3 is 2.52 bits per heavy atom. The molecule has 0 aliphatic heterocycles. The lowest BCUT2D eigenvalue weighted by Gasteiger charge is -2.12. The van der Waals surface area contributed by atoms with E-state index < -0.39 is 4.92 Å². The van der Waals surface area contributed by atoms with E-state index in [0.29, 0.717) is 17.6 Å². The topological polar surface area (TPSA) is 86.5 Å². The van der Waals surface area contributed by atoms with Crippen molar-refractivity contribution >= 4 is 17.9 Å². The number of nitrogens with zero attached hydrogens (tertiary/aromatic N) is 1. The molecule has 0 radical (unpaired) electrons. The highest BCUT2D eigenvalue weighted by atomic mass is 16.6. The minimum atomic E-state index is -0.533. The fraction of sp³-hybridized carbons (Fsp3) is 0.176. The molecule has 0 saturated heterocycles. The number of benzene rings is 2. The molecule has 0 aliphatic rings. The van der Waals surface area contributed by atoms with Crippen LogP contribution in [-0.2, 0) is 9.53 Å². The molecule has 0 N–H and O–H groups in total. The third-order valence-corrected chi connectivity index (χ3v) is 3.47. The van der Waals surface area contributed by atoms with Crippen molar-refractivity contribution < 1.29 is 19.2 Å². The van der Waals surface area contributed by atoms with Crippen LogP contribution in [0, 0.1) is 10.1 Å². The average Bonchev–Trinajstić information content (AvgIpc) is 2.59. The molecule has 0 bridgehead atoms. The second-order valence-corrected chi connectivity index (χ2v) is 5.06. The maximum atomic E-state index is 12.4. The Hall–Kier alpha value is -3.02. The van der Waals surface area contributed by atoms with Gasteiger partial charge in [-0.3, -0.25) is 19.7 Å². The van der Waals surface area contributed by atoms with Gasteiger partial charge in [-0.1, -0.05) is 49.4 Å². The third kappa shape index (κ3) is 3.79. The predicted octanol–water partition coefficient (Wildman–Crippen LogP) is 3.10. The van der Waals surface area contributed by atoms with Crippen molar-refractivity contribution in [1.29, 1.82) is 0 Å². The van der Waals surface area contributed by atoms with Crippen molar-refractivity contribution in [1.82, 2.24) is 0 Å². The number of carbonyl (C=O) groups is 2. The van der Waals surface area contributed by atoms with E-state index in [-0.39, 0.29) is 29.6 Å². The van der Waals surface area contributed by atoms with Gasteiger partial charge in [0.25, 0.3) is 12.2 Å². The summed E-state index contributed by atoms with van der Waals surface area (Å²) >= 11 is 0. The molecule has 118 valence electrons. The van der Waals surface area contributed by atoms with E-state index in [1.807, 2.05) is 0 Å². The van der Waals surface area contributed by atoms with Gasteiger partial charge in [0, 0.05) is 28.7 Å². The zero-order valence-electron chi connectivity index (χ0n) is 12.5. The molecule has 0 saturated carbocycles. The fourth-order valence-corrected chi connectivity index (χ4v) is 2.29. The van der Waals surface area contributed by atoms with Gasteiger partial charge in [0.2, 0.25) is 0 Å².